The molecule has 1 aromatic heterocycles. The zero-order chi connectivity index (χ0) is 18.4. The number of hydrogen-bond acceptors (Lipinski definition) is 4. The SMILES string of the molecule is O=C(O)c1ccccc1N(Cc1ccco1)C(=O)OCc1ccccc1. The molecule has 1 amide bonds. The summed E-state index contributed by atoms with van der Waals surface area (Å²) in [7, 11) is 0. The fourth-order valence-electron chi connectivity index (χ4n) is 2.49. The Morgan fingerprint density at radius 2 is 1.69 bits per heavy atom. The molecule has 0 aliphatic heterocycles. The molecule has 0 spiro atoms. The fraction of sp³-hybridized carbons (Fsp3) is 0.100. The molecule has 26 heavy (non-hydrogen) atoms. The summed E-state index contributed by atoms with van der Waals surface area (Å²) in [6, 6.07) is 18.9. The van der Waals surface area contributed by atoms with E-state index < -0.39 is 12.1 Å². The molecule has 6 nitrogen and oxygen atoms in total. The number of para-hydroxylation sites is 1. The average Bonchev–Trinajstić information content (AvgIpc) is 3.18. The van der Waals surface area contributed by atoms with Crippen molar-refractivity contribution in [1.29, 1.82) is 0 Å². The van der Waals surface area contributed by atoms with Crippen molar-refractivity contribution in [3.63, 3.8) is 0 Å². The second-order valence-corrected chi connectivity index (χ2v) is 5.53. The summed E-state index contributed by atoms with van der Waals surface area (Å²) < 4.78 is 10.7. The Kier molecular flexibility index (Phi) is 5.34. The van der Waals surface area contributed by atoms with Crippen molar-refractivity contribution in [2.45, 2.75) is 13.2 Å². The molecule has 0 aliphatic rings. The van der Waals surface area contributed by atoms with Gasteiger partial charge in [-0.1, -0.05) is 42.5 Å². The Morgan fingerprint density at radius 1 is 0.962 bits per heavy atom. The Hall–Kier alpha value is -3.54. The third kappa shape index (κ3) is 4.10. The van der Waals surface area contributed by atoms with E-state index in [0.29, 0.717) is 5.76 Å². The van der Waals surface area contributed by atoms with E-state index in [1.54, 1.807) is 30.3 Å². The van der Waals surface area contributed by atoms with E-state index in [1.807, 2.05) is 30.3 Å². The van der Waals surface area contributed by atoms with Crippen LogP contribution in [0.3, 0.4) is 0 Å². The van der Waals surface area contributed by atoms with Gasteiger partial charge >= 0.3 is 12.1 Å². The minimum atomic E-state index is -1.12. The molecule has 0 unspecified atom stereocenters. The number of benzene rings is 2. The normalized spacial score (nSPS) is 10.3. The molecule has 0 fully saturated rings. The van der Waals surface area contributed by atoms with Crippen LogP contribution in [0.1, 0.15) is 21.7 Å². The van der Waals surface area contributed by atoms with Crippen LogP contribution < -0.4 is 4.90 Å². The van der Waals surface area contributed by atoms with Crippen LogP contribution in [0.4, 0.5) is 10.5 Å². The lowest BCUT2D eigenvalue weighted by atomic mass is 10.1. The number of anilines is 1. The number of furan rings is 1. The van der Waals surface area contributed by atoms with E-state index in [-0.39, 0.29) is 24.4 Å². The third-order valence-electron chi connectivity index (χ3n) is 3.74. The molecule has 6 heteroatoms. The first kappa shape index (κ1) is 17.3. The lowest BCUT2D eigenvalue weighted by molar-refractivity contribution is 0.0697. The molecule has 0 saturated carbocycles. The van der Waals surface area contributed by atoms with Gasteiger partial charge in [-0.15, -0.1) is 0 Å². The summed E-state index contributed by atoms with van der Waals surface area (Å²) in [5, 5.41) is 9.43. The maximum absolute atomic E-state index is 12.7. The molecule has 0 radical (unpaired) electrons. The van der Waals surface area contributed by atoms with Crippen molar-refractivity contribution in [2.24, 2.45) is 0 Å². The molecule has 0 saturated heterocycles. The van der Waals surface area contributed by atoms with Gasteiger partial charge in [0.25, 0.3) is 0 Å². The highest BCUT2D eigenvalue weighted by molar-refractivity contribution is 5.99. The molecule has 3 aromatic rings. The molecule has 0 bridgehead atoms. The van der Waals surface area contributed by atoms with Gasteiger partial charge in [-0.2, -0.15) is 0 Å². The zero-order valence-electron chi connectivity index (χ0n) is 13.9. The van der Waals surface area contributed by atoms with Crippen LogP contribution in [0.5, 0.6) is 0 Å². The van der Waals surface area contributed by atoms with Crippen molar-refractivity contribution < 1.29 is 23.8 Å². The van der Waals surface area contributed by atoms with Crippen molar-refractivity contribution in [3.8, 4) is 0 Å². The molecule has 2 aromatic carbocycles. The molecular weight excluding hydrogens is 334 g/mol. The van der Waals surface area contributed by atoms with Gasteiger partial charge in [0.15, 0.2) is 0 Å². The van der Waals surface area contributed by atoms with Gasteiger partial charge < -0.3 is 14.3 Å². The quantitative estimate of drug-likeness (QED) is 0.715. The van der Waals surface area contributed by atoms with E-state index in [4.69, 9.17) is 9.15 Å². The van der Waals surface area contributed by atoms with E-state index in [9.17, 15) is 14.7 Å². The maximum atomic E-state index is 12.7. The Labute approximate surface area is 150 Å². The molecular formula is C20H17NO5. The van der Waals surface area contributed by atoms with E-state index in [2.05, 4.69) is 0 Å². The van der Waals surface area contributed by atoms with Crippen LogP contribution in [0.2, 0.25) is 0 Å². The Morgan fingerprint density at radius 3 is 2.38 bits per heavy atom. The number of carboxylic acid groups (broad SMARTS) is 1. The van der Waals surface area contributed by atoms with Gasteiger partial charge in [-0.3, -0.25) is 4.90 Å². The first-order chi connectivity index (χ1) is 12.6. The summed E-state index contributed by atoms with van der Waals surface area (Å²) >= 11 is 0. The Balaban J connectivity index is 1.86. The van der Waals surface area contributed by atoms with Crippen LogP contribution in [0, 0.1) is 0 Å². The largest absolute Gasteiger partial charge is 0.478 e. The molecule has 132 valence electrons. The van der Waals surface area contributed by atoms with Gasteiger partial charge in [0, 0.05) is 0 Å². The van der Waals surface area contributed by atoms with Crippen LogP contribution in [-0.2, 0) is 17.9 Å². The monoisotopic (exact) mass is 351 g/mol. The predicted molar refractivity (Wildman–Crippen MR) is 94.9 cm³/mol. The van der Waals surface area contributed by atoms with Crippen LogP contribution in [-0.4, -0.2) is 17.2 Å². The van der Waals surface area contributed by atoms with Gasteiger partial charge in [-0.25, -0.2) is 9.59 Å². The second-order valence-electron chi connectivity index (χ2n) is 5.53. The summed E-state index contributed by atoms with van der Waals surface area (Å²) in [5.41, 5.74) is 1.09. The minimum Gasteiger partial charge on any atom is -0.478 e. The van der Waals surface area contributed by atoms with Crippen LogP contribution in [0.15, 0.2) is 77.4 Å². The molecule has 1 heterocycles. The zero-order valence-corrected chi connectivity index (χ0v) is 13.9. The number of ether oxygens (including phenoxy) is 1. The molecule has 0 atom stereocenters. The van der Waals surface area contributed by atoms with Crippen LogP contribution >= 0.6 is 0 Å². The summed E-state index contributed by atoms with van der Waals surface area (Å²) in [5.74, 6) is -0.609. The number of hydrogen-bond donors (Lipinski definition) is 1. The first-order valence-corrected chi connectivity index (χ1v) is 7.98. The second kappa shape index (κ2) is 8.02. The number of rotatable bonds is 6. The number of amides is 1. The number of aromatic carboxylic acids is 1. The van der Waals surface area contributed by atoms with Crippen molar-refractivity contribution in [2.75, 3.05) is 4.90 Å². The number of carbonyl (C=O) groups is 2. The van der Waals surface area contributed by atoms with Gasteiger partial charge in [0.2, 0.25) is 0 Å². The molecule has 3 rings (SSSR count). The predicted octanol–water partition coefficient (Wildman–Crippen LogP) is 4.32. The highest BCUT2D eigenvalue weighted by Gasteiger charge is 2.24. The fourth-order valence-corrected chi connectivity index (χ4v) is 2.49. The standard InChI is InChI=1S/C20H17NO5/c22-19(23)17-10-4-5-11-18(17)21(13-16-9-6-12-25-16)20(24)26-14-15-7-2-1-3-8-15/h1-12H,13-14H2,(H,22,23). The first-order valence-electron chi connectivity index (χ1n) is 7.98. The van der Waals surface area contributed by atoms with Gasteiger partial charge in [-0.05, 0) is 29.8 Å². The van der Waals surface area contributed by atoms with Gasteiger partial charge in [0.1, 0.15) is 12.4 Å². The number of carbonyl (C=O) groups excluding carboxylic acids is 1. The highest BCUT2D eigenvalue weighted by Crippen LogP contribution is 2.24. The van der Waals surface area contributed by atoms with Crippen LogP contribution in [0.25, 0.3) is 0 Å². The highest BCUT2D eigenvalue weighted by atomic mass is 16.6. The Bertz CT molecular complexity index is 874. The average molecular weight is 351 g/mol. The van der Waals surface area contributed by atoms with Crippen molar-refractivity contribution >= 4 is 17.7 Å². The van der Waals surface area contributed by atoms with E-state index in [1.165, 1.54) is 17.2 Å². The summed E-state index contributed by atoms with van der Waals surface area (Å²) in [6.07, 6.45) is 0.838. The lowest BCUT2D eigenvalue weighted by Crippen LogP contribution is -2.32. The van der Waals surface area contributed by atoms with E-state index >= 15 is 0 Å². The van der Waals surface area contributed by atoms with Gasteiger partial charge in [0.05, 0.1) is 24.1 Å². The number of carboxylic acids is 1. The van der Waals surface area contributed by atoms with E-state index in [0.717, 1.165) is 5.56 Å². The van der Waals surface area contributed by atoms with Crippen molar-refractivity contribution in [1.82, 2.24) is 0 Å². The smallest absolute Gasteiger partial charge is 0.415 e. The minimum absolute atomic E-state index is 0.00992. The third-order valence-corrected chi connectivity index (χ3v) is 3.74. The maximum Gasteiger partial charge on any atom is 0.415 e. The molecule has 1 N–H and O–H groups in total. The summed E-state index contributed by atoms with van der Waals surface area (Å²) in [4.78, 5) is 25.5. The summed E-state index contributed by atoms with van der Waals surface area (Å²) in [6.45, 7) is 0.147. The number of nitrogens with zero attached hydrogens (tertiary/aromatic N) is 1. The lowest BCUT2D eigenvalue weighted by Gasteiger charge is -2.22. The molecule has 0 aliphatic carbocycles. The topological polar surface area (TPSA) is 80.0 Å². The van der Waals surface area contributed by atoms with Crippen molar-refractivity contribution in [3.05, 3.63) is 89.9 Å².